The van der Waals surface area contributed by atoms with Crippen LogP contribution in [0.5, 0.6) is 5.75 Å². The van der Waals surface area contributed by atoms with Gasteiger partial charge in [-0.1, -0.05) is 12.1 Å². The number of benzene rings is 2. The Morgan fingerprint density at radius 1 is 1.11 bits per heavy atom. The van der Waals surface area contributed by atoms with Crippen LogP contribution in [-0.2, 0) is 0 Å². The Balaban J connectivity index is 1.43. The van der Waals surface area contributed by atoms with E-state index in [9.17, 15) is 4.79 Å². The second-order valence-corrected chi connectivity index (χ2v) is 8.06. The number of ether oxygens (including phenoxy) is 1. The Labute approximate surface area is 165 Å². The molecule has 28 heavy (non-hydrogen) atoms. The van der Waals surface area contributed by atoms with Crippen LogP contribution in [0.1, 0.15) is 59.8 Å². The number of carbonyl (C=O) groups excluding carboxylic acids is 1. The van der Waals surface area contributed by atoms with Crippen LogP contribution in [0, 0.1) is 5.92 Å². The normalized spacial score (nSPS) is 25.4. The molecule has 0 aromatic heterocycles. The van der Waals surface area contributed by atoms with Crippen molar-refractivity contribution in [1.82, 2.24) is 10.6 Å². The van der Waals surface area contributed by atoms with Gasteiger partial charge in [0.1, 0.15) is 5.75 Å². The van der Waals surface area contributed by atoms with Crippen LogP contribution < -0.4 is 20.7 Å². The number of nitrogens with one attached hydrogen (secondary N) is 3. The highest BCUT2D eigenvalue weighted by molar-refractivity contribution is 5.95. The largest absolute Gasteiger partial charge is 0.494 e. The zero-order chi connectivity index (χ0) is 19.1. The van der Waals surface area contributed by atoms with Gasteiger partial charge in [-0.15, -0.1) is 0 Å². The predicted octanol–water partition coefficient (Wildman–Crippen LogP) is 3.79. The lowest BCUT2D eigenvalue weighted by molar-refractivity contribution is 0.0951. The van der Waals surface area contributed by atoms with Crippen molar-refractivity contribution in [2.75, 3.05) is 18.5 Å². The fourth-order valence-corrected chi connectivity index (χ4v) is 4.56. The summed E-state index contributed by atoms with van der Waals surface area (Å²) in [6.07, 6.45) is 3.33. The molecular weight excluding hydrogens is 350 g/mol. The van der Waals surface area contributed by atoms with E-state index in [0.29, 0.717) is 18.6 Å². The van der Waals surface area contributed by atoms with Crippen molar-refractivity contribution in [1.29, 1.82) is 0 Å². The van der Waals surface area contributed by atoms with E-state index in [2.05, 4.69) is 52.3 Å². The number of anilines is 1. The Bertz CT molecular complexity index is 876. The van der Waals surface area contributed by atoms with Crippen molar-refractivity contribution in [3.63, 3.8) is 0 Å². The van der Waals surface area contributed by atoms with Crippen molar-refractivity contribution < 1.29 is 9.53 Å². The van der Waals surface area contributed by atoms with E-state index in [1.54, 1.807) is 0 Å². The maximum atomic E-state index is 12.5. The van der Waals surface area contributed by atoms with E-state index in [1.807, 2.05) is 13.0 Å². The van der Waals surface area contributed by atoms with Crippen molar-refractivity contribution in [3.05, 3.63) is 59.2 Å². The molecule has 0 spiro atoms. The lowest BCUT2D eigenvalue weighted by atomic mass is 9.80. The van der Waals surface area contributed by atoms with Crippen LogP contribution in [0.4, 0.5) is 5.69 Å². The molecule has 1 saturated carbocycles. The first-order chi connectivity index (χ1) is 13.7. The molecule has 3 atom stereocenters. The lowest BCUT2D eigenvalue weighted by Crippen LogP contribution is -2.33. The topological polar surface area (TPSA) is 62.4 Å². The molecule has 2 heterocycles. The van der Waals surface area contributed by atoms with Gasteiger partial charge in [0.25, 0.3) is 5.91 Å². The maximum Gasteiger partial charge on any atom is 0.251 e. The van der Waals surface area contributed by atoms with Gasteiger partial charge in [-0.05, 0) is 74.2 Å². The molecule has 146 valence electrons. The molecule has 5 nitrogen and oxygen atoms in total. The summed E-state index contributed by atoms with van der Waals surface area (Å²) in [5.74, 6) is 1.43. The first kappa shape index (κ1) is 17.6. The number of fused-ring (bicyclic) bond motifs is 3. The Morgan fingerprint density at radius 2 is 1.93 bits per heavy atom. The minimum atomic E-state index is 0.0495. The average molecular weight is 377 g/mol. The molecule has 2 fully saturated rings. The van der Waals surface area contributed by atoms with Crippen LogP contribution in [0.3, 0.4) is 0 Å². The number of amides is 1. The molecule has 1 saturated heterocycles. The molecule has 5 rings (SSSR count). The smallest absolute Gasteiger partial charge is 0.251 e. The van der Waals surface area contributed by atoms with Gasteiger partial charge in [-0.2, -0.15) is 0 Å². The van der Waals surface area contributed by atoms with Crippen molar-refractivity contribution in [2.45, 2.75) is 44.3 Å². The zero-order valence-electron chi connectivity index (χ0n) is 16.2. The summed E-state index contributed by atoms with van der Waals surface area (Å²) in [6.45, 7) is 3.68. The molecule has 3 unspecified atom stereocenters. The standard InChI is InChI=1S/C23H27N3O2/c1-2-28-17-8-3-14(4-9-17)21-18-11-12-24-22(18)19-13-15(5-10-20(19)26-21)23(27)25-16-6-7-16/h3-5,8-10,13,16,18,21-22,24,26H,2,6-7,11-12H2,1H3,(H,25,27). The number of rotatable bonds is 5. The van der Waals surface area contributed by atoms with Gasteiger partial charge in [0, 0.05) is 29.3 Å². The van der Waals surface area contributed by atoms with E-state index in [-0.39, 0.29) is 18.0 Å². The van der Waals surface area contributed by atoms with Gasteiger partial charge in [0.05, 0.1) is 12.6 Å². The van der Waals surface area contributed by atoms with Crippen LogP contribution in [-0.4, -0.2) is 25.1 Å². The van der Waals surface area contributed by atoms with E-state index >= 15 is 0 Å². The summed E-state index contributed by atoms with van der Waals surface area (Å²) < 4.78 is 5.59. The number of hydrogen-bond donors (Lipinski definition) is 3. The Kier molecular flexibility index (Phi) is 4.47. The van der Waals surface area contributed by atoms with Gasteiger partial charge >= 0.3 is 0 Å². The first-order valence-electron chi connectivity index (χ1n) is 10.4. The van der Waals surface area contributed by atoms with E-state index < -0.39 is 0 Å². The molecule has 2 aromatic carbocycles. The van der Waals surface area contributed by atoms with E-state index in [1.165, 1.54) is 11.1 Å². The van der Waals surface area contributed by atoms with Crippen molar-refractivity contribution in [3.8, 4) is 5.75 Å². The highest BCUT2D eigenvalue weighted by Gasteiger charge is 2.40. The van der Waals surface area contributed by atoms with Crippen molar-refractivity contribution in [2.24, 2.45) is 5.92 Å². The second-order valence-electron chi connectivity index (χ2n) is 8.06. The quantitative estimate of drug-likeness (QED) is 0.742. The third kappa shape index (κ3) is 3.24. The number of carbonyl (C=O) groups is 1. The fourth-order valence-electron chi connectivity index (χ4n) is 4.56. The average Bonchev–Trinajstić information content (AvgIpc) is 3.39. The molecule has 0 bridgehead atoms. The van der Waals surface area contributed by atoms with Crippen LogP contribution in [0.15, 0.2) is 42.5 Å². The third-order valence-corrected chi connectivity index (χ3v) is 6.12. The molecule has 1 aliphatic carbocycles. The number of hydrogen-bond acceptors (Lipinski definition) is 4. The van der Waals surface area contributed by atoms with Crippen LogP contribution >= 0.6 is 0 Å². The van der Waals surface area contributed by atoms with Gasteiger partial charge in [0.2, 0.25) is 0 Å². The zero-order valence-corrected chi connectivity index (χ0v) is 16.2. The molecule has 0 radical (unpaired) electrons. The highest BCUT2D eigenvalue weighted by Crippen LogP contribution is 2.47. The SMILES string of the molecule is CCOc1ccc(C2Nc3ccc(C(=O)NC4CC4)cc3C3NCCC23)cc1. The molecular formula is C23H27N3O2. The summed E-state index contributed by atoms with van der Waals surface area (Å²) in [4.78, 5) is 12.5. The highest BCUT2D eigenvalue weighted by atomic mass is 16.5. The minimum Gasteiger partial charge on any atom is -0.494 e. The molecule has 3 N–H and O–H groups in total. The monoisotopic (exact) mass is 377 g/mol. The van der Waals surface area contributed by atoms with Crippen molar-refractivity contribution >= 4 is 11.6 Å². The summed E-state index contributed by atoms with van der Waals surface area (Å²) in [6, 6.07) is 15.4. The van der Waals surface area contributed by atoms with Gasteiger partial charge in [0.15, 0.2) is 0 Å². The second kappa shape index (κ2) is 7.13. The summed E-state index contributed by atoms with van der Waals surface area (Å²) in [5, 5.41) is 10.5. The Morgan fingerprint density at radius 3 is 2.68 bits per heavy atom. The van der Waals surface area contributed by atoms with Gasteiger partial charge < -0.3 is 20.7 Å². The molecule has 5 heteroatoms. The minimum absolute atomic E-state index is 0.0495. The fraction of sp³-hybridized carbons (Fsp3) is 0.435. The summed E-state index contributed by atoms with van der Waals surface area (Å²) >= 11 is 0. The molecule has 2 aromatic rings. The summed E-state index contributed by atoms with van der Waals surface area (Å²) in [5.41, 5.74) is 4.38. The third-order valence-electron chi connectivity index (χ3n) is 6.12. The summed E-state index contributed by atoms with van der Waals surface area (Å²) in [7, 11) is 0. The predicted molar refractivity (Wildman–Crippen MR) is 110 cm³/mol. The van der Waals surface area contributed by atoms with Crippen LogP contribution in [0.25, 0.3) is 0 Å². The van der Waals surface area contributed by atoms with Gasteiger partial charge in [-0.25, -0.2) is 0 Å². The van der Waals surface area contributed by atoms with Crippen LogP contribution in [0.2, 0.25) is 0 Å². The maximum absolute atomic E-state index is 12.5. The van der Waals surface area contributed by atoms with E-state index in [4.69, 9.17) is 4.74 Å². The first-order valence-corrected chi connectivity index (χ1v) is 10.4. The van der Waals surface area contributed by atoms with Gasteiger partial charge in [-0.3, -0.25) is 4.79 Å². The lowest BCUT2D eigenvalue weighted by Gasteiger charge is -2.37. The Hall–Kier alpha value is -2.53. The molecule has 2 aliphatic heterocycles. The molecule has 1 amide bonds. The van der Waals surface area contributed by atoms with E-state index in [0.717, 1.165) is 42.8 Å². The molecule has 3 aliphatic rings.